The summed E-state index contributed by atoms with van der Waals surface area (Å²) in [5.41, 5.74) is 0. The van der Waals surface area contributed by atoms with Gasteiger partial charge in [0.15, 0.2) is 6.10 Å². The highest BCUT2D eigenvalue weighted by Crippen LogP contribution is 2.03. The summed E-state index contributed by atoms with van der Waals surface area (Å²) in [5, 5.41) is 9.71. The van der Waals surface area contributed by atoms with Crippen LogP contribution in [0.2, 0.25) is 0 Å². The Hall–Kier alpha value is -1.93. The van der Waals surface area contributed by atoms with E-state index in [2.05, 4.69) is 9.64 Å². The highest BCUT2D eigenvalue weighted by molar-refractivity contribution is 5.91. The molecule has 0 bridgehead atoms. The van der Waals surface area contributed by atoms with Gasteiger partial charge in [-0.2, -0.15) is 0 Å². The topological polar surface area (TPSA) is 96.4 Å². The van der Waals surface area contributed by atoms with Crippen LogP contribution in [-0.2, 0) is 23.9 Å². The Balaban J connectivity index is 2.34. The number of aliphatic hydroxyl groups is 1. The number of amides is 1. The number of ether oxygens (including phenoxy) is 2. The SMILES string of the molecule is COC(=O)/C=C/C(=O)OCC(O)C(=O)N1CCN(C)CC1. The van der Waals surface area contributed by atoms with Gasteiger partial charge in [0.1, 0.15) is 6.61 Å². The fourth-order valence-electron chi connectivity index (χ4n) is 1.72. The lowest BCUT2D eigenvalue weighted by Crippen LogP contribution is -2.51. The number of aliphatic hydroxyl groups excluding tert-OH is 1. The molecule has 0 aliphatic carbocycles. The van der Waals surface area contributed by atoms with Crippen molar-refractivity contribution in [3.8, 4) is 0 Å². The molecule has 1 aliphatic rings. The van der Waals surface area contributed by atoms with Crippen LogP contribution in [0.1, 0.15) is 0 Å². The van der Waals surface area contributed by atoms with E-state index in [9.17, 15) is 19.5 Å². The zero-order chi connectivity index (χ0) is 15.8. The summed E-state index contributed by atoms with van der Waals surface area (Å²) in [6, 6.07) is 0. The predicted molar refractivity (Wildman–Crippen MR) is 72.2 cm³/mol. The fraction of sp³-hybridized carbons (Fsp3) is 0.615. The molecule has 0 aromatic heterocycles. The van der Waals surface area contributed by atoms with Crippen LogP contribution in [0.5, 0.6) is 0 Å². The predicted octanol–water partition coefficient (Wildman–Crippen LogP) is -1.61. The van der Waals surface area contributed by atoms with Gasteiger partial charge in [0.2, 0.25) is 0 Å². The Bertz CT molecular complexity index is 415. The lowest BCUT2D eigenvalue weighted by Gasteiger charge is -2.33. The van der Waals surface area contributed by atoms with E-state index in [1.807, 2.05) is 7.05 Å². The van der Waals surface area contributed by atoms with Gasteiger partial charge in [-0.05, 0) is 7.05 Å². The molecule has 0 radical (unpaired) electrons. The van der Waals surface area contributed by atoms with E-state index in [0.29, 0.717) is 13.1 Å². The average molecular weight is 300 g/mol. The number of nitrogens with zero attached hydrogens (tertiary/aromatic N) is 2. The van der Waals surface area contributed by atoms with Crippen molar-refractivity contribution in [1.82, 2.24) is 9.80 Å². The van der Waals surface area contributed by atoms with Gasteiger partial charge < -0.3 is 24.4 Å². The van der Waals surface area contributed by atoms with E-state index in [-0.39, 0.29) is 0 Å². The van der Waals surface area contributed by atoms with Gasteiger partial charge in [-0.3, -0.25) is 4.79 Å². The molecule has 1 N–H and O–H groups in total. The second kappa shape index (κ2) is 8.38. The van der Waals surface area contributed by atoms with Crippen LogP contribution in [0.4, 0.5) is 0 Å². The number of likely N-dealkylation sites (N-methyl/N-ethyl adjacent to an activating group) is 1. The van der Waals surface area contributed by atoms with Crippen molar-refractivity contribution >= 4 is 17.8 Å². The molecule has 0 aromatic rings. The maximum atomic E-state index is 11.9. The van der Waals surface area contributed by atoms with Crippen molar-refractivity contribution in [2.24, 2.45) is 0 Å². The first-order chi connectivity index (χ1) is 9.93. The van der Waals surface area contributed by atoms with Gasteiger partial charge in [-0.25, -0.2) is 9.59 Å². The molecule has 0 spiro atoms. The maximum Gasteiger partial charge on any atom is 0.331 e. The Morgan fingerprint density at radius 3 is 2.29 bits per heavy atom. The molecule has 8 heteroatoms. The number of carbonyl (C=O) groups is 3. The van der Waals surface area contributed by atoms with Crippen LogP contribution in [0.25, 0.3) is 0 Å². The van der Waals surface area contributed by atoms with Crippen LogP contribution in [0.3, 0.4) is 0 Å². The van der Waals surface area contributed by atoms with Crippen LogP contribution in [0.15, 0.2) is 12.2 Å². The van der Waals surface area contributed by atoms with Gasteiger partial charge in [0.05, 0.1) is 7.11 Å². The molecule has 1 fully saturated rings. The largest absolute Gasteiger partial charge is 0.466 e. The molecule has 21 heavy (non-hydrogen) atoms. The van der Waals surface area contributed by atoms with Crippen molar-refractivity contribution < 1.29 is 29.0 Å². The monoisotopic (exact) mass is 300 g/mol. The van der Waals surface area contributed by atoms with E-state index in [0.717, 1.165) is 25.2 Å². The Morgan fingerprint density at radius 1 is 1.14 bits per heavy atom. The summed E-state index contributed by atoms with van der Waals surface area (Å²) in [5.74, 6) is -1.99. The molecule has 0 saturated carbocycles. The maximum absolute atomic E-state index is 11.9. The third-order valence-electron chi connectivity index (χ3n) is 3.04. The molecule has 1 heterocycles. The third kappa shape index (κ3) is 5.92. The number of rotatable bonds is 5. The standard InChI is InChI=1S/C13H20N2O6/c1-14-5-7-15(8-6-14)13(19)10(16)9-21-12(18)4-3-11(17)20-2/h3-4,10,16H,5-9H2,1-2H3/b4-3+. The molecule has 118 valence electrons. The van der Waals surface area contributed by atoms with Crippen LogP contribution >= 0.6 is 0 Å². The summed E-state index contributed by atoms with van der Waals surface area (Å²) < 4.78 is 9.00. The minimum atomic E-state index is -1.40. The van der Waals surface area contributed by atoms with Crippen molar-refractivity contribution in [1.29, 1.82) is 0 Å². The minimum absolute atomic E-state index is 0.449. The highest BCUT2D eigenvalue weighted by Gasteiger charge is 2.25. The fourth-order valence-corrected chi connectivity index (χ4v) is 1.72. The quantitative estimate of drug-likeness (QED) is 0.482. The lowest BCUT2D eigenvalue weighted by molar-refractivity contribution is -0.150. The van der Waals surface area contributed by atoms with Crippen molar-refractivity contribution in [3.05, 3.63) is 12.2 Å². The number of hydrogen-bond donors (Lipinski definition) is 1. The Morgan fingerprint density at radius 2 is 1.71 bits per heavy atom. The van der Waals surface area contributed by atoms with Crippen molar-refractivity contribution in [2.45, 2.75) is 6.10 Å². The van der Waals surface area contributed by atoms with Gasteiger partial charge in [0, 0.05) is 38.3 Å². The van der Waals surface area contributed by atoms with E-state index in [4.69, 9.17) is 4.74 Å². The van der Waals surface area contributed by atoms with Crippen molar-refractivity contribution in [3.63, 3.8) is 0 Å². The van der Waals surface area contributed by atoms with E-state index >= 15 is 0 Å². The summed E-state index contributed by atoms with van der Waals surface area (Å²) in [7, 11) is 3.13. The molecular formula is C13H20N2O6. The normalized spacial score (nSPS) is 17.6. The first kappa shape index (κ1) is 17.1. The molecule has 1 amide bonds. The molecule has 1 atom stereocenters. The highest BCUT2D eigenvalue weighted by atomic mass is 16.5. The van der Waals surface area contributed by atoms with Gasteiger partial charge >= 0.3 is 11.9 Å². The molecule has 1 saturated heterocycles. The molecule has 8 nitrogen and oxygen atoms in total. The number of piperazine rings is 1. The molecule has 1 unspecified atom stereocenters. The van der Waals surface area contributed by atoms with Gasteiger partial charge in [-0.1, -0.05) is 0 Å². The molecule has 1 aliphatic heterocycles. The van der Waals surface area contributed by atoms with E-state index in [1.165, 1.54) is 12.0 Å². The molecular weight excluding hydrogens is 280 g/mol. The van der Waals surface area contributed by atoms with Crippen LogP contribution < -0.4 is 0 Å². The van der Waals surface area contributed by atoms with E-state index in [1.54, 1.807) is 0 Å². The number of hydrogen-bond acceptors (Lipinski definition) is 7. The lowest BCUT2D eigenvalue weighted by atomic mass is 10.2. The van der Waals surface area contributed by atoms with Gasteiger partial charge in [-0.15, -0.1) is 0 Å². The second-order valence-corrected chi connectivity index (χ2v) is 4.63. The Kier molecular flexibility index (Phi) is 6.83. The Labute approximate surface area is 122 Å². The third-order valence-corrected chi connectivity index (χ3v) is 3.04. The second-order valence-electron chi connectivity index (χ2n) is 4.63. The zero-order valence-corrected chi connectivity index (χ0v) is 12.2. The summed E-state index contributed by atoms with van der Waals surface area (Å²) in [6.07, 6.45) is 0.375. The molecule has 1 rings (SSSR count). The smallest absolute Gasteiger partial charge is 0.331 e. The van der Waals surface area contributed by atoms with Gasteiger partial charge in [0.25, 0.3) is 5.91 Å². The van der Waals surface area contributed by atoms with Crippen molar-refractivity contribution in [2.75, 3.05) is 46.9 Å². The minimum Gasteiger partial charge on any atom is -0.466 e. The van der Waals surface area contributed by atoms with E-state index < -0.39 is 30.6 Å². The molecule has 0 aromatic carbocycles. The zero-order valence-electron chi connectivity index (χ0n) is 12.2. The average Bonchev–Trinajstić information content (AvgIpc) is 2.50. The number of methoxy groups -OCH3 is 1. The summed E-state index contributed by atoms with van der Waals surface area (Å²) >= 11 is 0. The first-order valence-electron chi connectivity index (χ1n) is 6.52. The number of esters is 2. The first-order valence-corrected chi connectivity index (χ1v) is 6.52. The van der Waals surface area contributed by atoms with Crippen LogP contribution in [0, 0.1) is 0 Å². The summed E-state index contributed by atoms with van der Waals surface area (Å²) in [6.45, 7) is 2.08. The summed E-state index contributed by atoms with van der Waals surface area (Å²) in [4.78, 5) is 37.5. The number of carbonyl (C=O) groups excluding carboxylic acids is 3. The van der Waals surface area contributed by atoms with Crippen LogP contribution in [-0.4, -0.2) is 85.8 Å².